The van der Waals surface area contributed by atoms with Crippen molar-refractivity contribution in [1.29, 1.82) is 0 Å². The summed E-state index contributed by atoms with van der Waals surface area (Å²) in [6.07, 6.45) is 0. The Kier molecular flexibility index (Phi) is 4.31. The summed E-state index contributed by atoms with van der Waals surface area (Å²) < 4.78 is 0. The van der Waals surface area contributed by atoms with Crippen LogP contribution in [0.2, 0.25) is 5.02 Å². The summed E-state index contributed by atoms with van der Waals surface area (Å²) in [6.45, 7) is 4.17. The fourth-order valence-corrected chi connectivity index (χ4v) is 3.02. The van der Waals surface area contributed by atoms with Crippen molar-refractivity contribution in [3.8, 4) is 11.4 Å². The van der Waals surface area contributed by atoms with Gasteiger partial charge in [-0.1, -0.05) is 35.9 Å². The number of fused-ring (bicyclic) bond motifs is 1. The molecule has 0 aliphatic rings. The van der Waals surface area contributed by atoms with Crippen LogP contribution in [-0.2, 0) is 0 Å². The number of anilines is 2. The van der Waals surface area contributed by atoms with Crippen LogP contribution in [-0.4, -0.2) is 9.97 Å². The number of nitrogens with zero attached hydrogens (tertiary/aromatic N) is 2. The van der Waals surface area contributed by atoms with Crippen molar-refractivity contribution in [2.45, 2.75) is 13.8 Å². The SMILES string of the molecule is Cc1ccc(C)c(Nc2nc(-c3ccc(Cl)cc3)nc3ccccc23)c1. The molecule has 1 aromatic heterocycles. The fourth-order valence-electron chi connectivity index (χ4n) is 2.90. The van der Waals surface area contributed by atoms with E-state index in [9.17, 15) is 0 Å². The van der Waals surface area contributed by atoms with E-state index in [4.69, 9.17) is 21.6 Å². The van der Waals surface area contributed by atoms with Crippen molar-refractivity contribution in [3.63, 3.8) is 0 Å². The normalized spacial score (nSPS) is 10.9. The molecule has 1 heterocycles. The van der Waals surface area contributed by atoms with Crippen molar-refractivity contribution in [2.75, 3.05) is 5.32 Å². The third kappa shape index (κ3) is 3.26. The molecule has 3 nitrogen and oxygen atoms in total. The number of hydrogen-bond donors (Lipinski definition) is 1. The van der Waals surface area contributed by atoms with Gasteiger partial charge in [-0.3, -0.25) is 0 Å². The minimum atomic E-state index is 0.674. The molecule has 26 heavy (non-hydrogen) atoms. The zero-order valence-electron chi connectivity index (χ0n) is 14.6. The van der Waals surface area contributed by atoms with Gasteiger partial charge in [-0.15, -0.1) is 0 Å². The molecule has 4 aromatic rings. The van der Waals surface area contributed by atoms with E-state index >= 15 is 0 Å². The molecule has 0 aliphatic heterocycles. The number of hydrogen-bond acceptors (Lipinski definition) is 3. The molecule has 0 aliphatic carbocycles. The minimum Gasteiger partial charge on any atom is -0.339 e. The van der Waals surface area contributed by atoms with Crippen LogP contribution in [0.4, 0.5) is 11.5 Å². The Morgan fingerprint density at radius 2 is 1.62 bits per heavy atom. The largest absolute Gasteiger partial charge is 0.339 e. The van der Waals surface area contributed by atoms with Crippen LogP contribution in [0.15, 0.2) is 66.7 Å². The average molecular weight is 360 g/mol. The predicted molar refractivity (Wildman–Crippen MR) is 109 cm³/mol. The number of halogens is 1. The predicted octanol–water partition coefficient (Wildman–Crippen LogP) is 6.31. The van der Waals surface area contributed by atoms with E-state index in [1.165, 1.54) is 11.1 Å². The van der Waals surface area contributed by atoms with E-state index in [0.29, 0.717) is 10.8 Å². The van der Waals surface area contributed by atoms with E-state index in [2.05, 4.69) is 37.4 Å². The molecule has 0 fully saturated rings. The van der Waals surface area contributed by atoms with Gasteiger partial charge in [0.25, 0.3) is 0 Å². The third-order valence-electron chi connectivity index (χ3n) is 4.35. The standard InChI is InChI=1S/C22H18ClN3/c1-14-7-8-15(2)20(13-14)25-22-18-5-3-4-6-19(18)24-21(26-22)16-9-11-17(23)12-10-16/h3-13H,1-2H3,(H,24,25,26). The lowest BCUT2D eigenvalue weighted by molar-refractivity contribution is 1.22. The van der Waals surface area contributed by atoms with Crippen molar-refractivity contribution >= 4 is 34.0 Å². The molecule has 0 spiro atoms. The van der Waals surface area contributed by atoms with Crippen LogP contribution >= 0.6 is 11.6 Å². The third-order valence-corrected chi connectivity index (χ3v) is 4.60. The summed E-state index contributed by atoms with van der Waals surface area (Å²) in [4.78, 5) is 9.52. The maximum Gasteiger partial charge on any atom is 0.162 e. The highest BCUT2D eigenvalue weighted by atomic mass is 35.5. The molecule has 0 radical (unpaired) electrons. The Hall–Kier alpha value is -2.91. The lowest BCUT2D eigenvalue weighted by Gasteiger charge is -2.13. The quantitative estimate of drug-likeness (QED) is 0.465. The molecular formula is C22H18ClN3. The lowest BCUT2D eigenvalue weighted by atomic mass is 10.1. The molecule has 4 rings (SSSR count). The van der Waals surface area contributed by atoms with Crippen LogP contribution in [0.1, 0.15) is 11.1 Å². The maximum atomic E-state index is 6.01. The molecule has 0 bridgehead atoms. The van der Waals surface area contributed by atoms with Crippen LogP contribution in [0.5, 0.6) is 0 Å². The van der Waals surface area contributed by atoms with Gasteiger partial charge < -0.3 is 5.32 Å². The Labute approximate surface area is 157 Å². The molecule has 0 amide bonds. The first-order valence-corrected chi connectivity index (χ1v) is 8.85. The molecule has 0 saturated heterocycles. The smallest absolute Gasteiger partial charge is 0.162 e. The topological polar surface area (TPSA) is 37.8 Å². The second-order valence-electron chi connectivity index (χ2n) is 6.36. The molecule has 128 valence electrons. The van der Waals surface area contributed by atoms with Crippen LogP contribution in [0.3, 0.4) is 0 Å². The average Bonchev–Trinajstić information content (AvgIpc) is 2.65. The molecule has 0 unspecified atom stereocenters. The number of nitrogens with one attached hydrogen (secondary N) is 1. The second kappa shape index (κ2) is 6.77. The van der Waals surface area contributed by atoms with E-state index in [1.54, 1.807) is 0 Å². The first-order valence-electron chi connectivity index (χ1n) is 8.47. The van der Waals surface area contributed by atoms with Crippen LogP contribution in [0, 0.1) is 13.8 Å². The lowest BCUT2D eigenvalue weighted by Crippen LogP contribution is -2.00. The van der Waals surface area contributed by atoms with Crippen molar-refractivity contribution < 1.29 is 0 Å². The van der Waals surface area contributed by atoms with Crippen LogP contribution < -0.4 is 5.32 Å². The van der Waals surface area contributed by atoms with Gasteiger partial charge in [-0.05, 0) is 67.4 Å². The van der Waals surface area contributed by atoms with Gasteiger partial charge in [0.05, 0.1) is 5.52 Å². The Morgan fingerprint density at radius 1 is 0.846 bits per heavy atom. The Bertz CT molecular complexity index is 1090. The number of benzene rings is 3. The summed E-state index contributed by atoms with van der Waals surface area (Å²) in [6, 6.07) is 22.0. The van der Waals surface area contributed by atoms with Gasteiger partial charge in [0.1, 0.15) is 5.82 Å². The zero-order chi connectivity index (χ0) is 18.1. The number of para-hydroxylation sites is 1. The summed E-state index contributed by atoms with van der Waals surface area (Å²) >= 11 is 6.01. The highest BCUT2D eigenvalue weighted by molar-refractivity contribution is 6.30. The highest BCUT2D eigenvalue weighted by Crippen LogP contribution is 2.29. The van der Waals surface area contributed by atoms with Gasteiger partial charge in [0.2, 0.25) is 0 Å². The molecular weight excluding hydrogens is 342 g/mol. The summed E-state index contributed by atoms with van der Waals surface area (Å²) in [5, 5.41) is 5.19. The Balaban J connectivity index is 1.87. The van der Waals surface area contributed by atoms with Crippen molar-refractivity contribution in [3.05, 3.63) is 82.9 Å². The summed E-state index contributed by atoms with van der Waals surface area (Å²) in [5.74, 6) is 1.47. The number of aromatic nitrogens is 2. The van der Waals surface area contributed by atoms with E-state index in [-0.39, 0.29) is 0 Å². The zero-order valence-corrected chi connectivity index (χ0v) is 15.4. The molecule has 4 heteroatoms. The van der Waals surface area contributed by atoms with Gasteiger partial charge >= 0.3 is 0 Å². The van der Waals surface area contributed by atoms with E-state index < -0.39 is 0 Å². The second-order valence-corrected chi connectivity index (χ2v) is 6.80. The minimum absolute atomic E-state index is 0.674. The van der Waals surface area contributed by atoms with E-state index in [0.717, 1.165) is 28.0 Å². The van der Waals surface area contributed by atoms with Gasteiger partial charge in [0.15, 0.2) is 5.82 Å². The van der Waals surface area contributed by atoms with Gasteiger partial charge in [-0.25, -0.2) is 9.97 Å². The molecule has 3 aromatic carbocycles. The van der Waals surface area contributed by atoms with Gasteiger partial charge in [-0.2, -0.15) is 0 Å². The first-order chi connectivity index (χ1) is 12.6. The number of rotatable bonds is 3. The molecule has 0 atom stereocenters. The molecule has 1 N–H and O–H groups in total. The first kappa shape index (κ1) is 16.6. The summed E-state index contributed by atoms with van der Waals surface area (Å²) in [7, 11) is 0. The highest BCUT2D eigenvalue weighted by Gasteiger charge is 2.10. The van der Waals surface area contributed by atoms with E-state index in [1.807, 2.05) is 48.5 Å². The monoisotopic (exact) mass is 359 g/mol. The Morgan fingerprint density at radius 3 is 2.42 bits per heavy atom. The fraction of sp³-hybridized carbons (Fsp3) is 0.0909. The summed E-state index contributed by atoms with van der Waals surface area (Å²) in [5.41, 5.74) is 5.26. The molecule has 0 saturated carbocycles. The number of aryl methyl sites for hydroxylation is 2. The van der Waals surface area contributed by atoms with Crippen LogP contribution in [0.25, 0.3) is 22.3 Å². The van der Waals surface area contributed by atoms with Crippen molar-refractivity contribution in [2.24, 2.45) is 0 Å². The van der Waals surface area contributed by atoms with Crippen molar-refractivity contribution in [1.82, 2.24) is 9.97 Å². The maximum absolute atomic E-state index is 6.01. The van der Waals surface area contributed by atoms with Gasteiger partial charge in [0, 0.05) is 21.7 Å².